The molecule has 0 saturated heterocycles. The Kier molecular flexibility index (Phi) is 4.59. The number of nitrogens with zero attached hydrogens (tertiary/aromatic N) is 2. The smallest absolute Gasteiger partial charge is 0.215 e. The third kappa shape index (κ3) is 4.59. The van der Waals surface area contributed by atoms with Gasteiger partial charge in [0.1, 0.15) is 0 Å². The van der Waals surface area contributed by atoms with Crippen LogP contribution in [0.3, 0.4) is 0 Å². The highest BCUT2D eigenvalue weighted by Crippen LogP contribution is 2.18. The molecule has 0 aromatic carbocycles. The average molecular weight is 286 g/mol. The summed E-state index contributed by atoms with van der Waals surface area (Å²) in [7, 11) is -3.25. The minimum absolute atomic E-state index is 0.372. The molecule has 19 heavy (non-hydrogen) atoms. The van der Waals surface area contributed by atoms with E-state index in [2.05, 4.69) is 15.1 Å². The minimum Gasteiger partial charge on any atom is -0.313 e. The number of sulfonamides is 1. The molecule has 0 bridgehead atoms. The molecule has 1 fully saturated rings. The second-order valence-electron chi connectivity index (χ2n) is 5.21. The molecule has 108 valence electrons. The first kappa shape index (κ1) is 14.5. The molecule has 6 nitrogen and oxygen atoms in total. The van der Waals surface area contributed by atoms with E-state index in [1.807, 2.05) is 13.1 Å². The van der Waals surface area contributed by atoms with Crippen LogP contribution in [-0.2, 0) is 16.6 Å². The van der Waals surface area contributed by atoms with Gasteiger partial charge in [-0.25, -0.2) is 13.1 Å². The normalized spacial score (nSPS) is 17.6. The van der Waals surface area contributed by atoms with E-state index in [0.29, 0.717) is 25.7 Å². The number of hydrogen-bond acceptors (Lipinski definition) is 4. The summed E-state index contributed by atoms with van der Waals surface area (Å²) in [5.41, 5.74) is 1.07. The summed E-state index contributed by atoms with van der Waals surface area (Å²) in [6, 6.07) is 0.532. The monoisotopic (exact) mass is 286 g/mol. The fraction of sp³-hybridized carbons (Fsp3) is 0.750. The molecule has 1 aliphatic carbocycles. The van der Waals surface area contributed by atoms with Gasteiger partial charge in [-0.05, 0) is 32.3 Å². The molecule has 2 N–H and O–H groups in total. The fourth-order valence-electron chi connectivity index (χ4n) is 1.76. The third-order valence-corrected chi connectivity index (χ3v) is 5.04. The first-order valence-corrected chi connectivity index (χ1v) is 8.23. The van der Waals surface area contributed by atoms with Crippen LogP contribution in [0.2, 0.25) is 0 Å². The Balaban J connectivity index is 1.72. The quantitative estimate of drug-likeness (QED) is 0.718. The van der Waals surface area contributed by atoms with Crippen LogP contribution < -0.4 is 10.0 Å². The van der Waals surface area contributed by atoms with Crippen molar-refractivity contribution in [2.75, 3.05) is 13.1 Å². The highest BCUT2D eigenvalue weighted by atomic mass is 32.2. The lowest BCUT2D eigenvalue weighted by molar-refractivity contribution is 0.543. The van der Waals surface area contributed by atoms with Crippen molar-refractivity contribution in [3.8, 4) is 0 Å². The number of aromatic nitrogens is 2. The number of nitrogens with one attached hydrogen (secondary N) is 2. The number of rotatable bonds is 8. The van der Waals surface area contributed by atoms with Gasteiger partial charge in [0.05, 0.1) is 18.0 Å². The van der Waals surface area contributed by atoms with Gasteiger partial charge in [-0.2, -0.15) is 5.10 Å². The van der Waals surface area contributed by atoms with Gasteiger partial charge < -0.3 is 5.32 Å². The SMILES string of the molecule is Cc1cnn(CCNS(=O)(=O)C(C)CNC2CC2)c1. The fourth-order valence-corrected chi connectivity index (χ4v) is 2.74. The Morgan fingerprint density at radius 2 is 2.26 bits per heavy atom. The molecule has 1 heterocycles. The van der Waals surface area contributed by atoms with E-state index < -0.39 is 15.3 Å². The molecule has 0 radical (unpaired) electrons. The summed E-state index contributed by atoms with van der Waals surface area (Å²) in [4.78, 5) is 0. The zero-order valence-electron chi connectivity index (χ0n) is 11.5. The van der Waals surface area contributed by atoms with Gasteiger partial charge in [0.15, 0.2) is 0 Å². The molecule has 1 aliphatic rings. The molecule has 1 unspecified atom stereocenters. The van der Waals surface area contributed by atoms with Crippen molar-refractivity contribution in [1.29, 1.82) is 0 Å². The predicted molar refractivity (Wildman–Crippen MR) is 74.4 cm³/mol. The first-order valence-electron chi connectivity index (χ1n) is 6.68. The molecule has 1 aromatic rings. The second-order valence-corrected chi connectivity index (χ2v) is 7.40. The molecule has 0 aliphatic heterocycles. The number of hydrogen-bond donors (Lipinski definition) is 2. The lowest BCUT2D eigenvalue weighted by Gasteiger charge is -2.14. The van der Waals surface area contributed by atoms with Gasteiger partial charge >= 0.3 is 0 Å². The molecule has 1 atom stereocenters. The molecule has 0 amide bonds. The molecule has 0 spiro atoms. The minimum atomic E-state index is -3.25. The highest BCUT2D eigenvalue weighted by Gasteiger charge is 2.25. The van der Waals surface area contributed by atoms with Gasteiger partial charge in [0.2, 0.25) is 10.0 Å². The average Bonchev–Trinajstić information content (AvgIpc) is 3.09. The first-order chi connectivity index (χ1) is 8.97. The molecular weight excluding hydrogens is 264 g/mol. The lowest BCUT2D eigenvalue weighted by atomic mass is 10.4. The van der Waals surface area contributed by atoms with Crippen molar-refractivity contribution >= 4 is 10.0 Å². The van der Waals surface area contributed by atoms with Gasteiger partial charge in [-0.1, -0.05) is 0 Å². The second kappa shape index (κ2) is 6.02. The van der Waals surface area contributed by atoms with Gasteiger partial charge in [-0.15, -0.1) is 0 Å². The topological polar surface area (TPSA) is 76.0 Å². The molecule has 1 aromatic heterocycles. The van der Waals surface area contributed by atoms with E-state index in [1.54, 1.807) is 17.8 Å². The largest absolute Gasteiger partial charge is 0.313 e. The third-order valence-electron chi connectivity index (χ3n) is 3.21. The summed E-state index contributed by atoms with van der Waals surface area (Å²) >= 11 is 0. The Morgan fingerprint density at radius 3 is 2.84 bits per heavy atom. The summed E-state index contributed by atoms with van der Waals surface area (Å²) < 4.78 is 28.3. The van der Waals surface area contributed by atoms with Gasteiger partial charge in [0.25, 0.3) is 0 Å². The molecular formula is C12H22N4O2S. The summed E-state index contributed by atoms with van der Waals surface area (Å²) in [6.45, 7) is 5.13. The standard InChI is InChI=1S/C12H22N4O2S/c1-10-7-14-16(9-10)6-5-15-19(17,18)11(2)8-13-12-3-4-12/h7,9,11-13,15H,3-6,8H2,1-2H3. The van der Waals surface area contributed by atoms with E-state index in [0.717, 1.165) is 5.56 Å². The van der Waals surface area contributed by atoms with Gasteiger partial charge in [0, 0.05) is 25.3 Å². The zero-order valence-corrected chi connectivity index (χ0v) is 12.3. The van der Waals surface area contributed by atoms with Crippen LogP contribution in [0.15, 0.2) is 12.4 Å². The van der Waals surface area contributed by atoms with Crippen LogP contribution in [-0.4, -0.2) is 42.6 Å². The van der Waals surface area contributed by atoms with Crippen molar-refractivity contribution < 1.29 is 8.42 Å². The Bertz CT molecular complexity index is 508. The molecule has 2 rings (SSSR count). The van der Waals surface area contributed by atoms with E-state index in [4.69, 9.17) is 0 Å². The highest BCUT2D eigenvalue weighted by molar-refractivity contribution is 7.90. The molecule has 1 saturated carbocycles. The maximum absolute atomic E-state index is 12.0. The Morgan fingerprint density at radius 1 is 1.53 bits per heavy atom. The summed E-state index contributed by atoms with van der Waals surface area (Å²) in [5, 5.41) is 6.94. The Hall–Kier alpha value is -0.920. The van der Waals surface area contributed by atoms with Crippen molar-refractivity contribution in [2.24, 2.45) is 0 Å². The maximum Gasteiger partial charge on any atom is 0.215 e. The number of aryl methyl sites for hydroxylation is 1. The van der Waals surface area contributed by atoms with E-state index >= 15 is 0 Å². The van der Waals surface area contributed by atoms with Crippen molar-refractivity contribution in [3.63, 3.8) is 0 Å². The van der Waals surface area contributed by atoms with E-state index in [-0.39, 0.29) is 0 Å². The summed E-state index contributed by atoms with van der Waals surface area (Å²) in [6.07, 6.45) is 5.99. The van der Waals surface area contributed by atoms with Gasteiger partial charge in [-0.3, -0.25) is 4.68 Å². The van der Waals surface area contributed by atoms with Crippen LogP contribution >= 0.6 is 0 Å². The Labute approximate surface area is 114 Å². The lowest BCUT2D eigenvalue weighted by Crippen LogP contribution is -2.40. The van der Waals surface area contributed by atoms with Crippen LogP contribution in [0, 0.1) is 6.92 Å². The predicted octanol–water partition coefficient (Wildman–Crippen LogP) is 0.251. The van der Waals surface area contributed by atoms with Crippen molar-refractivity contribution in [3.05, 3.63) is 18.0 Å². The maximum atomic E-state index is 12.0. The van der Waals surface area contributed by atoms with Crippen LogP contribution in [0.1, 0.15) is 25.3 Å². The van der Waals surface area contributed by atoms with Crippen LogP contribution in [0.5, 0.6) is 0 Å². The van der Waals surface area contributed by atoms with Crippen LogP contribution in [0.25, 0.3) is 0 Å². The van der Waals surface area contributed by atoms with E-state index in [9.17, 15) is 8.42 Å². The van der Waals surface area contributed by atoms with Crippen LogP contribution in [0.4, 0.5) is 0 Å². The zero-order chi connectivity index (χ0) is 13.9. The van der Waals surface area contributed by atoms with E-state index in [1.165, 1.54) is 12.8 Å². The van der Waals surface area contributed by atoms with Crippen molar-refractivity contribution in [1.82, 2.24) is 19.8 Å². The molecule has 7 heteroatoms. The summed E-state index contributed by atoms with van der Waals surface area (Å²) in [5.74, 6) is 0. The van der Waals surface area contributed by atoms with Crippen molar-refractivity contribution in [2.45, 2.75) is 44.5 Å².